The van der Waals surface area contributed by atoms with Gasteiger partial charge < -0.3 is 58.5 Å². The fraction of sp³-hybridized carbons (Fsp3) is 0.683. The number of carbonyl (C=O) groups is 2. The summed E-state index contributed by atoms with van der Waals surface area (Å²) in [4.78, 5) is 27.8. The molecule has 8 heterocycles. The number of esters is 2. The third-order valence-corrected chi connectivity index (χ3v) is 18.7. The molecule has 0 unspecified atom stereocenters. The zero-order valence-electron chi connectivity index (χ0n) is 48.2. The molecular formula is C63H88N2O14. The smallest absolute Gasteiger partial charge is 0.316 e. The Morgan fingerprint density at radius 1 is 0.608 bits per heavy atom. The third kappa shape index (κ3) is 12.2. The monoisotopic (exact) mass is 1100 g/mol. The van der Waals surface area contributed by atoms with Gasteiger partial charge in [0.25, 0.3) is 0 Å². The Morgan fingerprint density at radius 2 is 1.05 bits per heavy atom. The number of oxime groups is 2. The Labute approximate surface area is 467 Å². The van der Waals surface area contributed by atoms with Crippen molar-refractivity contribution in [2.45, 2.75) is 224 Å². The second-order valence-electron chi connectivity index (χ2n) is 25.0. The highest BCUT2D eigenvalue weighted by atomic mass is 16.7. The molecule has 16 nitrogen and oxygen atoms in total. The maximum atomic E-state index is 13.9. The zero-order chi connectivity index (χ0) is 56.6. The second kappa shape index (κ2) is 24.1. The number of aliphatic hydroxyl groups is 2. The quantitative estimate of drug-likeness (QED) is 0.0833. The highest BCUT2D eigenvalue weighted by molar-refractivity contribution is 6.07. The molecule has 2 spiro atoms. The molecule has 0 aromatic carbocycles. The van der Waals surface area contributed by atoms with E-state index in [4.69, 9.17) is 37.9 Å². The van der Waals surface area contributed by atoms with Crippen LogP contribution in [0.4, 0.5) is 0 Å². The van der Waals surface area contributed by atoms with Crippen LogP contribution >= 0.6 is 0 Å². The maximum absolute atomic E-state index is 13.9. The minimum absolute atomic E-state index is 0.0431. The lowest BCUT2D eigenvalue weighted by Crippen LogP contribution is -2.57. The van der Waals surface area contributed by atoms with Gasteiger partial charge in [-0.1, -0.05) is 117 Å². The molecule has 0 amide bonds. The summed E-state index contributed by atoms with van der Waals surface area (Å²) in [7, 11) is 0. The number of hydrogen-bond acceptors (Lipinski definition) is 16. The molecule has 16 heteroatoms. The van der Waals surface area contributed by atoms with E-state index in [1.807, 2.05) is 24.3 Å². The van der Waals surface area contributed by atoms with Crippen molar-refractivity contribution in [3.63, 3.8) is 0 Å². The van der Waals surface area contributed by atoms with Crippen molar-refractivity contribution < 1.29 is 68.1 Å². The molecule has 10 aliphatic rings. The Kier molecular flexibility index (Phi) is 18.1. The molecule has 79 heavy (non-hydrogen) atoms. The van der Waals surface area contributed by atoms with Crippen LogP contribution in [0.5, 0.6) is 0 Å². The summed E-state index contributed by atoms with van der Waals surface area (Å²) < 4.78 is 50.8. The molecule has 0 saturated carbocycles. The Hall–Kier alpha value is -4.52. The van der Waals surface area contributed by atoms with Gasteiger partial charge in [-0.15, -0.1) is 0 Å². The molecule has 434 valence electrons. The summed E-state index contributed by atoms with van der Waals surface area (Å²) in [5.41, 5.74) is 1.84. The van der Waals surface area contributed by atoms with Crippen LogP contribution in [0.2, 0.25) is 0 Å². The Bertz CT molecular complexity index is 2610. The van der Waals surface area contributed by atoms with E-state index in [1.54, 1.807) is 26.0 Å². The number of ether oxygens (including phenoxy) is 8. The fourth-order valence-corrected chi connectivity index (χ4v) is 14.1. The van der Waals surface area contributed by atoms with Gasteiger partial charge in [-0.3, -0.25) is 9.59 Å². The predicted molar refractivity (Wildman–Crippen MR) is 297 cm³/mol. The molecule has 8 aliphatic heterocycles. The van der Waals surface area contributed by atoms with E-state index in [1.165, 1.54) is 11.1 Å². The van der Waals surface area contributed by atoms with Gasteiger partial charge in [0.1, 0.15) is 58.9 Å². The van der Waals surface area contributed by atoms with Crippen molar-refractivity contribution in [3.05, 3.63) is 94.2 Å². The molecule has 0 aromatic rings. The van der Waals surface area contributed by atoms with E-state index in [-0.39, 0.29) is 60.9 Å². The van der Waals surface area contributed by atoms with Crippen LogP contribution in [0, 0.1) is 35.5 Å². The van der Waals surface area contributed by atoms with E-state index in [2.05, 4.69) is 90.0 Å². The van der Waals surface area contributed by atoms with Gasteiger partial charge in [-0.25, -0.2) is 0 Å². The molecular weight excluding hydrogens is 1010 g/mol. The number of fused-ring (bicyclic) bond motifs is 4. The van der Waals surface area contributed by atoms with E-state index in [0.717, 1.165) is 51.4 Å². The van der Waals surface area contributed by atoms with Crippen LogP contribution < -0.4 is 0 Å². The van der Waals surface area contributed by atoms with Crippen molar-refractivity contribution in [1.82, 2.24) is 0 Å². The highest BCUT2D eigenvalue weighted by Crippen LogP contribution is 2.49. The molecule has 4 bridgehead atoms. The third-order valence-electron chi connectivity index (χ3n) is 18.7. The van der Waals surface area contributed by atoms with Crippen LogP contribution in [-0.4, -0.2) is 129 Å². The average Bonchev–Trinajstić information content (AvgIpc) is 4.00. The summed E-state index contributed by atoms with van der Waals surface area (Å²) in [6.07, 6.45) is 26.1. The maximum Gasteiger partial charge on any atom is 0.316 e. The fourth-order valence-electron chi connectivity index (χ4n) is 14.1. The molecule has 18 atom stereocenters. The Balaban J connectivity index is 0.000000192. The molecule has 0 aromatic heterocycles. The van der Waals surface area contributed by atoms with Gasteiger partial charge in [0.15, 0.2) is 11.6 Å². The van der Waals surface area contributed by atoms with Gasteiger partial charge in [0, 0.05) is 38.5 Å². The van der Waals surface area contributed by atoms with E-state index >= 15 is 0 Å². The molecule has 10 rings (SSSR count). The van der Waals surface area contributed by atoms with Crippen LogP contribution in [-0.2, 0) is 47.5 Å². The zero-order valence-corrected chi connectivity index (χ0v) is 48.2. The molecule has 4 N–H and O–H groups in total. The summed E-state index contributed by atoms with van der Waals surface area (Å²) in [5, 5.41) is 50.5. The first-order valence-corrected chi connectivity index (χ1v) is 29.3. The number of allylic oxidation sites excluding steroid dienone is 8. The van der Waals surface area contributed by atoms with Crippen molar-refractivity contribution in [2.24, 2.45) is 45.8 Å². The van der Waals surface area contributed by atoms with E-state index in [0.29, 0.717) is 66.2 Å². The van der Waals surface area contributed by atoms with Gasteiger partial charge in [0.2, 0.25) is 0 Å². The molecule has 2 aliphatic carbocycles. The topological polar surface area (TPSA) is 214 Å². The summed E-state index contributed by atoms with van der Waals surface area (Å²) in [5.74, 6) is -3.22. The van der Waals surface area contributed by atoms with Crippen molar-refractivity contribution in [1.29, 1.82) is 0 Å². The summed E-state index contributed by atoms with van der Waals surface area (Å²) in [6, 6.07) is 0. The van der Waals surface area contributed by atoms with Crippen molar-refractivity contribution in [3.8, 4) is 0 Å². The van der Waals surface area contributed by atoms with E-state index < -0.39 is 71.0 Å². The first-order chi connectivity index (χ1) is 37.6. The van der Waals surface area contributed by atoms with Crippen LogP contribution in [0.15, 0.2) is 105 Å². The predicted octanol–water partition coefficient (Wildman–Crippen LogP) is 10.4. The normalized spacial score (nSPS) is 46.3. The minimum atomic E-state index is -1.72. The van der Waals surface area contributed by atoms with Gasteiger partial charge in [0.05, 0.1) is 37.6 Å². The highest BCUT2D eigenvalue weighted by Gasteiger charge is 2.61. The molecule has 0 radical (unpaired) electrons. The van der Waals surface area contributed by atoms with Crippen LogP contribution in [0.25, 0.3) is 0 Å². The molecule has 6 saturated heterocycles. The second-order valence-corrected chi connectivity index (χ2v) is 25.0. The Morgan fingerprint density at radius 3 is 1.48 bits per heavy atom. The lowest BCUT2D eigenvalue weighted by molar-refractivity contribution is -0.335. The minimum Gasteiger partial charge on any atom is -0.462 e. The van der Waals surface area contributed by atoms with Crippen LogP contribution in [0.1, 0.15) is 153 Å². The van der Waals surface area contributed by atoms with Gasteiger partial charge in [-0.2, -0.15) is 0 Å². The van der Waals surface area contributed by atoms with Crippen molar-refractivity contribution >= 4 is 23.4 Å². The summed E-state index contributed by atoms with van der Waals surface area (Å²) in [6.45, 7) is 21.0. The lowest BCUT2D eigenvalue weighted by atomic mass is 9.71. The number of rotatable bonds is 1. The van der Waals surface area contributed by atoms with Gasteiger partial charge in [-0.05, 0) is 126 Å². The summed E-state index contributed by atoms with van der Waals surface area (Å²) >= 11 is 0. The van der Waals surface area contributed by atoms with Gasteiger partial charge >= 0.3 is 11.9 Å². The van der Waals surface area contributed by atoms with E-state index in [9.17, 15) is 30.2 Å². The molecule has 6 fully saturated rings. The number of hydrogen-bond donors (Lipinski definition) is 4. The average molecular weight is 1100 g/mol. The number of carbonyl (C=O) groups excluding carboxylic acids is 2. The SMILES string of the molecule is CC1=C[C@H]2C(=O)O[C@H]3C[C@@H](C/C=C(\C)C[C@@H](C)/C=C/C=C4\CO[C@H](/C1=N\O)[C@@]42O)O[C@@]1(CC[C@H](C)[C@@H](C)O1)C3.CC[C@H]1O[C@]2(CC[C@@H]1C)C[C@@H]1C[C@@H](C/C=C(/C)C[C@@H](C)C=CC=C3CO[C@@H]4/C(=N\O)C(C)=C[C@@H](C(=O)O1)[C@]34O)O2. The first-order valence-electron chi connectivity index (χ1n) is 29.3. The number of nitrogens with zero attached hydrogens (tertiary/aromatic N) is 2. The standard InChI is InChI=1S/C32H45NO7.C31H43NO7/c1-6-27-21(4)12-13-31(40-27)17-25-16-24(39-31)11-10-20(3)14-19(2)8-7-9-23-18-37-29-28(33-36)22(5)15-26(30(34)38-25)32(23,29)35;1-18-7-6-8-23-17-36-28-27(32-35)21(4)14-26(31(23,28)34)29(33)37-25-15-24(10-9-19(2)13-18)39-30(16-25)12-11-20(3)22(5)38-30/h7-10,15,19,21,24-27,29,35-36H,6,11-14,16-18H2,1-5H3;6-9,14,18,20,22,24-26,28,34-35H,10-13,15-17H2,1-5H3/b8-7?,20-10-,23-9?,33-28-;7-6+,19-9+,23-8+,32-27-/t19-,21-,24+,25-,26-,27+,29+,31+,32+;18-,20-,22+,24+,25-,26-,28+,30-,31+/m00/s1. The largest absolute Gasteiger partial charge is 0.462 e. The van der Waals surface area contributed by atoms with Crippen molar-refractivity contribution in [2.75, 3.05) is 13.2 Å². The lowest BCUT2D eigenvalue weighted by Gasteiger charge is -2.49. The first kappa shape index (κ1) is 59.1. The van der Waals surface area contributed by atoms with Crippen LogP contribution in [0.3, 0.4) is 0 Å².